The summed E-state index contributed by atoms with van der Waals surface area (Å²) in [4.78, 5) is 15.0. The molecular formula is C24H28N2O3. The molecule has 0 spiro atoms. The Bertz CT molecular complexity index is 1000. The molecule has 3 aromatic rings. The molecule has 4 rings (SSSR count). The Balaban J connectivity index is 1.40. The second-order valence-corrected chi connectivity index (χ2v) is 7.76. The number of hydrogen-bond donors (Lipinski definition) is 1. The number of nitrogens with one attached hydrogen (secondary N) is 1. The van der Waals surface area contributed by atoms with Crippen LogP contribution < -0.4 is 5.32 Å². The van der Waals surface area contributed by atoms with E-state index in [-0.39, 0.29) is 5.91 Å². The third-order valence-corrected chi connectivity index (χ3v) is 5.78. The van der Waals surface area contributed by atoms with E-state index in [4.69, 9.17) is 9.15 Å². The fourth-order valence-electron chi connectivity index (χ4n) is 3.84. The first-order valence-electron chi connectivity index (χ1n) is 10.2. The number of ether oxygens (including phenoxy) is 1. The highest BCUT2D eigenvalue weighted by Crippen LogP contribution is 2.26. The van der Waals surface area contributed by atoms with Gasteiger partial charge in [-0.2, -0.15) is 0 Å². The lowest BCUT2D eigenvalue weighted by molar-refractivity contribution is -0.120. The fraction of sp³-hybridized carbons (Fsp3) is 0.375. The molecule has 152 valence electrons. The number of aryl methyl sites for hydroxylation is 2. The highest BCUT2D eigenvalue weighted by Gasteiger charge is 2.15. The van der Waals surface area contributed by atoms with E-state index in [0.29, 0.717) is 13.0 Å². The van der Waals surface area contributed by atoms with Crippen molar-refractivity contribution in [1.29, 1.82) is 0 Å². The van der Waals surface area contributed by atoms with E-state index in [0.717, 1.165) is 60.5 Å². The van der Waals surface area contributed by atoms with Crippen molar-refractivity contribution in [2.75, 3.05) is 26.3 Å². The maximum atomic E-state index is 12.6. The Morgan fingerprint density at radius 2 is 1.79 bits per heavy atom. The van der Waals surface area contributed by atoms with Crippen LogP contribution >= 0.6 is 0 Å². The Kier molecular flexibility index (Phi) is 5.97. The normalized spacial score (nSPS) is 15.0. The van der Waals surface area contributed by atoms with E-state index in [1.807, 2.05) is 12.1 Å². The summed E-state index contributed by atoms with van der Waals surface area (Å²) in [5.74, 6) is 0.00658. The maximum absolute atomic E-state index is 12.6. The van der Waals surface area contributed by atoms with Crippen LogP contribution in [0.3, 0.4) is 0 Å². The molecule has 0 unspecified atom stereocenters. The summed E-state index contributed by atoms with van der Waals surface area (Å²) < 4.78 is 11.2. The first-order chi connectivity index (χ1) is 14.1. The molecule has 2 aromatic carbocycles. The van der Waals surface area contributed by atoms with E-state index in [9.17, 15) is 4.79 Å². The number of nitrogens with zero attached hydrogens (tertiary/aromatic N) is 1. The molecule has 5 heteroatoms. The standard InChI is InChI=1S/C24H28N2O3/c1-17-7-8-22-21(16-29-24(22)18(17)2)13-23(27)25-14-19-5-3-4-6-20(19)15-26-9-11-28-12-10-26/h3-8,16H,9-15H2,1-2H3,(H,25,27). The van der Waals surface area contributed by atoms with Crippen LogP contribution in [0.4, 0.5) is 0 Å². The zero-order valence-corrected chi connectivity index (χ0v) is 17.2. The minimum absolute atomic E-state index is 0.00658. The Labute approximate surface area is 171 Å². The van der Waals surface area contributed by atoms with Crippen molar-refractivity contribution in [2.45, 2.75) is 33.4 Å². The van der Waals surface area contributed by atoms with Gasteiger partial charge in [0, 0.05) is 37.1 Å². The van der Waals surface area contributed by atoms with Crippen LogP contribution in [0.2, 0.25) is 0 Å². The van der Waals surface area contributed by atoms with Gasteiger partial charge in [0.1, 0.15) is 5.58 Å². The molecular weight excluding hydrogens is 364 g/mol. The number of hydrogen-bond acceptors (Lipinski definition) is 4. The molecule has 0 radical (unpaired) electrons. The monoisotopic (exact) mass is 392 g/mol. The average Bonchev–Trinajstić information content (AvgIpc) is 3.14. The van der Waals surface area contributed by atoms with Crippen LogP contribution in [0.1, 0.15) is 27.8 Å². The van der Waals surface area contributed by atoms with Gasteiger partial charge < -0.3 is 14.5 Å². The molecule has 29 heavy (non-hydrogen) atoms. The summed E-state index contributed by atoms with van der Waals surface area (Å²) in [5.41, 5.74) is 6.56. The molecule has 0 aliphatic carbocycles. The molecule has 1 amide bonds. The van der Waals surface area contributed by atoms with Gasteiger partial charge >= 0.3 is 0 Å². The molecule has 0 atom stereocenters. The van der Waals surface area contributed by atoms with Gasteiger partial charge in [-0.3, -0.25) is 9.69 Å². The smallest absolute Gasteiger partial charge is 0.224 e. The van der Waals surface area contributed by atoms with Gasteiger partial charge in [0.2, 0.25) is 5.91 Å². The minimum Gasteiger partial charge on any atom is -0.464 e. The van der Waals surface area contributed by atoms with Crippen molar-refractivity contribution in [2.24, 2.45) is 0 Å². The van der Waals surface area contributed by atoms with Gasteiger partial charge in [-0.15, -0.1) is 0 Å². The van der Waals surface area contributed by atoms with Gasteiger partial charge in [0.05, 0.1) is 25.9 Å². The third kappa shape index (κ3) is 4.52. The van der Waals surface area contributed by atoms with Crippen molar-refractivity contribution in [3.63, 3.8) is 0 Å². The van der Waals surface area contributed by atoms with Gasteiger partial charge in [-0.1, -0.05) is 36.4 Å². The lowest BCUT2D eigenvalue weighted by Gasteiger charge is -2.27. The molecule has 0 saturated carbocycles. The summed E-state index contributed by atoms with van der Waals surface area (Å²) in [5, 5.41) is 4.11. The molecule has 1 fully saturated rings. The van der Waals surface area contributed by atoms with Gasteiger partial charge in [-0.05, 0) is 36.1 Å². The lowest BCUT2D eigenvalue weighted by Crippen LogP contribution is -2.36. The maximum Gasteiger partial charge on any atom is 0.224 e. The summed E-state index contributed by atoms with van der Waals surface area (Å²) in [6, 6.07) is 12.4. The average molecular weight is 392 g/mol. The molecule has 1 aliphatic heterocycles. The van der Waals surface area contributed by atoms with Crippen LogP contribution in [-0.4, -0.2) is 37.1 Å². The van der Waals surface area contributed by atoms with Crippen molar-refractivity contribution < 1.29 is 13.9 Å². The molecule has 1 N–H and O–H groups in total. The van der Waals surface area contributed by atoms with Crippen LogP contribution in [0, 0.1) is 13.8 Å². The molecule has 1 aromatic heterocycles. The SMILES string of the molecule is Cc1ccc2c(CC(=O)NCc3ccccc3CN3CCOCC3)coc2c1C. The highest BCUT2D eigenvalue weighted by molar-refractivity contribution is 5.89. The quantitative estimate of drug-likeness (QED) is 0.694. The van der Waals surface area contributed by atoms with Gasteiger partial charge in [0.15, 0.2) is 0 Å². The first kappa shape index (κ1) is 19.7. The Hall–Kier alpha value is -2.63. The fourth-order valence-corrected chi connectivity index (χ4v) is 3.84. The number of furan rings is 1. The number of benzene rings is 2. The number of amides is 1. The first-order valence-corrected chi connectivity index (χ1v) is 10.2. The van der Waals surface area contributed by atoms with Gasteiger partial charge in [0.25, 0.3) is 0 Å². The van der Waals surface area contributed by atoms with Crippen LogP contribution in [0.15, 0.2) is 47.1 Å². The van der Waals surface area contributed by atoms with Crippen molar-refractivity contribution in [3.8, 4) is 0 Å². The second kappa shape index (κ2) is 8.80. The zero-order valence-electron chi connectivity index (χ0n) is 17.2. The highest BCUT2D eigenvalue weighted by atomic mass is 16.5. The lowest BCUT2D eigenvalue weighted by atomic mass is 10.0. The zero-order chi connectivity index (χ0) is 20.2. The number of carbonyl (C=O) groups is 1. The molecule has 2 heterocycles. The number of morpholine rings is 1. The van der Waals surface area contributed by atoms with Crippen molar-refractivity contribution >= 4 is 16.9 Å². The van der Waals surface area contributed by atoms with Gasteiger partial charge in [-0.25, -0.2) is 0 Å². The van der Waals surface area contributed by atoms with E-state index >= 15 is 0 Å². The van der Waals surface area contributed by atoms with E-state index in [1.54, 1.807) is 6.26 Å². The summed E-state index contributed by atoms with van der Waals surface area (Å²) in [7, 11) is 0. The Morgan fingerprint density at radius 3 is 2.59 bits per heavy atom. The third-order valence-electron chi connectivity index (χ3n) is 5.78. The predicted molar refractivity (Wildman–Crippen MR) is 114 cm³/mol. The number of fused-ring (bicyclic) bond motifs is 1. The molecule has 1 saturated heterocycles. The van der Waals surface area contributed by atoms with Crippen LogP contribution in [0.5, 0.6) is 0 Å². The molecule has 0 bridgehead atoms. The summed E-state index contributed by atoms with van der Waals surface area (Å²) in [6.07, 6.45) is 2.03. The van der Waals surface area contributed by atoms with E-state index in [2.05, 4.69) is 48.3 Å². The molecule has 1 aliphatic rings. The number of carbonyl (C=O) groups excluding carboxylic acids is 1. The van der Waals surface area contributed by atoms with Crippen LogP contribution in [0.25, 0.3) is 11.0 Å². The number of rotatable bonds is 6. The summed E-state index contributed by atoms with van der Waals surface area (Å²) >= 11 is 0. The van der Waals surface area contributed by atoms with Crippen molar-refractivity contribution in [3.05, 3.63) is 70.5 Å². The summed E-state index contributed by atoms with van der Waals surface area (Å²) in [6.45, 7) is 9.02. The minimum atomic E-state index is 0.00658. The van der Waals surface area contributed by atoms with E-state index in [1.165, 1.54) is 11.1 Å². The van der Waals surface area contributed by atoms with E-state index < -0.39 is 0 Å². The topological polar surface area (TPSA) is 54.7 Å². The largest absolute Gasteiger partial charge is 0.464 e. The van der Waals surface area contributed by atoms with Crippen LogP contribution in [-0.2, 0) is 29.0 Å². The second-order valence-electron chi connectivity index (χ2n) is 7.76. The predicted octanol–water partition coefficient (Wildman–Crippen LogP) is 3.74. The van der Waals surface area contributed by atoms with Crippen molar-refractivity contribution in [1.82, 2.24) is 10.2 Å². The Morgan fingerprint density at radius 1 is 1.03 bits per heavy atom. The molecule has 5 nitrogen and oxygen atoms in total.